The third kappa shape index (κ3) is 3.37. The van der Waals surface area contributed by atoms with Crippen LogP contribution in [0.3, 0.4) is 0 Å². The summed E-state index contributed by atoms with van der Waals surface area (Å²) in [5.74, 6) is -3.38. The first kappa shape index (κ1) is 15.4. The second-order valence-electron chi connectivity index (χ2n) is 3.98. The number of hydrogen-bond donors (Lipinski definition) is 1. The zero-order valence-electron chi connectivity index (χ0n) is 10.7. The average molecular weight is 312 g/mol. The fraction of sp³-hybridized carbons (Fsp3) is 0.0769. The summed E-state index contributed by atoms with van der Waals surface area (Å²) < 4.78 is 43.0. The number of para-hydroxylation sites is 1. The molecule has 2 rings (SSSR count). The SMILES string of the molecule is O=C(O)c1cncc(C(=O)Oc2ccccc2C(F)(F)F)n1. The Hall–Kier alpha value is -2.97. The molecule has 0 aliphatic heterocycles. The summed E-state index contributed by atoms with van der Waals surface area (Å²) in [6, 6.07) is 4.12. The van der Waals surface area contributed by atoms with E-state index < -0.39 is 40.8 Å². The van der Waals surface area contributed by atoms with Crippen molar-refractivity contribution in [2.24, 2.45) is 0 Å². The summed E-state index contributed by atoms with van der Waals surface area (Å²) in [6.07, 6.45) is -2.92. The van der Waals surface area contributed by atoms with Crippen molar-refractivity contribution >= 4 is 11.9 Å². The van der Waals surface area contributed by atoms with Crippen molar-refractivity contribution in [3.8, 4) is 5.75 Å². The maximum Gasteiger partial charge on any atom is 0.419 e. The van der Waals surface area contributed by atoms with E-state index in [0.717, 1.165) is 30.6 Å². The monoisotopic (exact) mass is 312 g/mol. The molecule has 0 atom stereocenters. The third-order valence-corrected chi connectivity index (χ3v) is 2.46. The van der Waals surface area contributed by atoms with Gasteiger partial charge in [0.05, 0.1) is 18.0 Å². The molecule has 22 heavy (non-hydrogen) atoms. The van der Waals surface area contributed by atoms with Crippen LogP contribution in [-0.4, -0.2) is 27.0 Å². The molecule has 6 nitrogen and oxygen atoms in total. The lowest BCUT2D eigenvalue weighted by atomic mass is 10.2. The van der Waals surface area contributed by atoms with E-state index in [1.165, 1.54) is 6.07 Å². The number of nitrogens with zero attached hydrogens (tertiary/aromatic N) is 2. The van der Waals surface area contributed by atoms with Gasteiger partial charge in [0.25, 0.3) is 0 Å². The molecule has 1 aromatic heterocycles. The number of hydrogen-bond acceptors (Lipinski definition) is 5. The molecule has 2 aromatic rings. The molecule has 0 aliphatic rings. The highest BCUT2D eigenvalue weighted by Crippen LogP contribution is 2.36. The predicted molar refractivity (Wildman–Crippen MR) is 65.4 cm³/mol. The molecule has 0 unspecified atom stereocenters. The Labute approximate surface area is 121 Å². The number of carbonyl (C=O) groups is 2. The summed E-state index contributed by atoms with van der Waals surface area (Å²) in [5, 5.41) is 8.73. The van der Waals surface area contributed by atoms with Crippen LogP contribution in [-0.2, 0) is 6.18 Å². The topological polar surface area (TPSA) is 89.4 Å². The van der Waals surface area contributed by atoms with E-state index in [9.17, 15) is 22.8 Å². The molecule has 9 heteroatoms. The molecule has 0 fully saturated rings. The van der Waals surface area contributed by atoms with Crippen LogP contribution >= 0.6 is 0 Å². The van der Waals surface area contributed by atoms with Crippen molar-refractivity contribution in [1.29, 1.82) is 0 Å². The quantitative estimate of drug-likeness (QED) is 0.691. The normalized spacial score (nSPS) is 11.0. The Bertz CT molecular complexity index is 731. The number of benzene rings is 1. The number of carboxylic acid groups (broad SMARTS) is 1. The Balaban J connectivity index is 2.30. The van der Waals surface area contributed by atoms with Gasteiger partial charge in [0.1, 0.15) is 5.75 Å². The van der Waals surface area contributed by atoms with Gasteiger partial charge in [0.2, 0.25) is 0 Å². The van der Waals surface area contributed by atoms with Gasteiger partial charge in [-0.25, -0.2) is 14.6 Å². The van der Waals surface area contributed by atoms with Gasteiger partial charge in [-0.15, -0.1) is 0 Å². The summed E-state index contributed by atoms with van der Waals surface area (Å²) >= 11 is 0. The molecule has 0 bridgehead atoms. The lowest BCUT2D eigenvalue weighted by Crippen LogP contribution is -2.16. The predicted octanol–water partition coefficient (Wildman–Crippen LogP) is 2.41. The van der Waals surface area contributed by atoms with E-state index in [-0.39, 0.29) is 0 Å². The van der Waals surface area contributed by atoms with Crippen molar-refractivity contribution in [1.82, 2.24) is 9.97 Å². The van der Waals surface area contributed by atoms with Gasteiger partial charge in [0.15, 0.2) is 11.4 Å². The number of alkyl halides is 3. The summed E-state index contributed by atoms with van der Waals surface area (Å²) in [7, 11) is 0. The first-order valence-electron chi connectivity index (χ1n) is 5.73. The second-order valence-corrected chi connectivity index (χ2v) is 3.98. The van der Waals surface area contributed by atoms with Gasteiger partial charge < -0.3 is 9.84 Å². The molecular formula is C13H7F3N2O4. The molecular weight excluding hydrogens is 305 g/mol. The van der Waals surface area contributed by atoms with Gasteiger partial charge in [-0.1, -0.05) is 12.1 Å². The fourth-order valence-electron chi connectivity index (χ4n) is 1.51. The largest absolute Gasteiger partial charge is 0.476 e. The number of esters is 1. The maximum absolute atomic E-state index is 12.8. The molecule has 0 aliphatic carbocycles. The van der Waals surface area contributed by atoms with Crippen LogP contribution in [0.2, 0.25) is 0 Å². The summed E-state index contributed by atoms with van der Waals surface area (Å²) in [4.78, 5) is 29.4. The first-order valence-corrected chi connectivity index (χ1v) is 5.73. The minimum absolute atomic E-state index is 0.517. The number of carboxylic acids is 1. The van der Waals surface area contributed by atoms with Crippen LogP contribution in [0.15, 0.2) is 36.7 Å². The number of aromatic carboxylic acids is 1. The smallest absolute Gasteiger partial charge is 0.419 e. The van der Waals surface area contributed by atoms with Gasteiger partial charge in [-0.05, 0) is 12.1 Å². The van der Waals surface area contributed by atoms with Crippen molar-refractivity contribution in [3.05, 3.63) is 53.6 Å². The zero-order valence-corrected chi connectivity index (χ0v) is 10.7. The number of halogens is 3. The van der Waals surface area contributed by atoms with Gasteiger partial charge in [-0.2, -0.15) is 13.2 Å². The van der Waals surface area contributed by atoms with E-state index in [1.54, 1.807) is 0 Å². The zero-order chi connectivity index (χ0) is 16.3. The van der Waals surface area contributed by atoms with Crippen molar-refractivity contribution in [2.75, 3.05) is 0 Å². The third-order valence-electron chi connectivity index (χ3n) is 2.46. The van der Waals surface area contributed by atoms with E-state index in [0.29, 0.717) is 0 Å². The van der Waals surface area contributed by atoms with Crippen LogP contribution in [0.25, 0.3) is 0 Å². The van der Waals surface area contributed by atoms with E-state index >= 15 is 0 Å². The molecule has 1 N–H and O–H groups in total. The molecule has 0 amide bonds. The summed E-state index contributed by atoms with van der Waals surface area (Å²) in [5.41, 5.74) is -2.18. The van der Waals surface area contributed by atoms with Crippen LogP contribution in [0.4, 0.5) is 13.2 Å². The Morgan fingerprint density at radius 2 is 1.73 bits per heavy atom. The summed E-state index contributed by atoms with van der Waals surface area (Å²) in [6.45, 7) is 0. The highest BCUT2D eigenvalue weighted by Gasteiger charge is 2.34. The lowest BCUT2D eigenvalue weighted by molar-refractivity contribution is -0.138. The van der Waals surface area contributed by atoms with E-state index in [4.69, 9.17) is 5.11 Å². The highest BCUT2D eigenvalue weighted by molar-refractivity contribution is 5.91. The molecule has 1 heterocycles. The molecule has 0 spiro atoms. The van der Waals surface area contributed by atoms with Crippen molar-refractivity contribution < 1.29 is 32.6 Å². The minimum atomic E-state index is -4.70. The maximum atomic E-state index is 12.8. The Morgan fingerprint density at radius 3 is 2.36 bits per heavy atom. The van der Waals surface area contributed by atoms with Crippen LogP contribution < -0.4 is 4.74 Å². The van der Waals surface area contributed by atoms with Gasteiger partial charge in [0, 0.05) is 0 Å². The molecule has 114 valence electrons. The van der Waals surface area contributed by atoms with Gasteiger partial charge in [-0.3, -0.25) is 4.98 Å². The standard InChI is InChI=1S/C13H7F3N2O4/c14-13(15,16)7-3-1-2-4-10(7)22-12(21)9-6-17-5-8(18-9)11(19)20/h1-6H,(H,19,20). The van der Waals surface area contributed by atoms with E-state index in [1.807, 2.05) is 0 Å². The van der Waals surface area contributed by atoms with Crippen molar-refractivity contribution in [2.45, 2.75) is 6.18 Å². The highest BCUT2D eigenvalue weighted by atomic mass is 19.4. The number of aromatic nitrogens is 2. The second kappa shape index (κ2) is 5.80. The van der Waals surface area contributed by atoms with Crippen molar-refractivity contribution in [3.63, 3.8) is 0 Å². The van der Waals surface area contributed by atoms with Crippen LogP contribution in [0, 0.1) is 0 Å². The Kier molecular flexibility index (Phi) is 4.06. The fourth-order valence-corrected chi connectivity index (χ4v) is 1.51. The average Bonchev–Trinajstić information content (AvgIpc) is 2.46. The number of rotatable bonds is 3. The molecule has 0 saturated carbocycles. The molecule has 1 aromatic carbocycles. The first-order chi connectivity index (χ1) is 10.3. The molecule has 0 radical (unpaired) electrons. The number of carbonyl (C=O) groups excluding carboxylic acids is 1. The van der Waals surface area contributed by atoms with E-state index in [2.05, 4.69) is 14.7 Å². The Morgan fingerprint density at radius 1 is 1.09 bits per heavy atom. The number of ether oxygens (including phenoxy) is 1. The lowest BCUT2D eigenvalue weighted by Gasteiger charge is -2.12. The van der Waals surface area contributed by atoms with Crippen LogP contribution in [0.5, 0.6) is 5.75 Å². The minimum Gasteiger partial charge on any atom is -0.476 e. The molecule has 0 saturated heterocycles. The van der Waals surface area contributed by atoms with Gasteiger partial charge >= 0.3 is 18.1 Å². The van der Waals surface area contributed by atoms with Crippen LogP contribution in [0.1, 0.15) is 26.5 Å².